The molecule has 3 nitrogen and oxygen atoms in total. The number of rotatable bonds is 2. The molecule has 0 unspecified atom stereocenters. The second kappa shape index (κ2) is 3.56. The largest absolute Gasteiger partial charge is 0.366 e. The number of hydrogen-bond donors (Lipinski definition) is 2. The Hall–Kier alpha value is -0.780. The molecule has 1 aromatic rings. The Morgan fingerprint density at radius 1 is 1.45 bits per heavy atom. The number of carbonyl (C=O) groups excluding carboxylic acids is 1. The van der Waals surface area contributed by atoms with Crippen molar-refractivity contribution in [2.45, 2.75) is 0 Å². The van der Waals surface area contributed by atoms with Crippen LogP contribution in [0, 0.1) is 0 Å². The van der Waals surface area contributed by atoms with Gasteiger partial charge in [0, 0.05) is 0 Å². The van der Waals surface area contributed by atoms with E-state index in [1.165, 1.54) is 0 Å². The molecule has 0 fully saturated rings. The highest BCUT2D eigenvalue weighted by Crippen LogP contribution is 2.15. The van der Waals surface area contributed by atoms with Gasteiger partial charge in [-0.3, -0.25) is 4.79 Å². The molecule has 0 radical (unpaired) electrons. The molecule has 1 rings (SSSR count). The lowest BCUT2D eigenvalue weighted by atomic mass is 10.2. The van der Waals surface area contributed by atoms with E-state index in [4.69, 9.17) is 5.73 Å². The summed E-state index contributed by atoms with van der Waals surface area (Å²) in [4.78, 5) is 10.8. The van der Waals surface area contributed by atoms with Gasteiger partial charge in [-0.15, -0.1) is 0 Å². The average Bonchev–Trinajstić information content (AvgIpc) is 2.04. The Balaban J connectivity index is 3.12. The average molecular weight is 262 g/mol. The molecular formula is C7H7IN2O. The van der Waals surface area contributed by atoms with Crippen LogP contribution in [0.1, 0.15) is 10.4 Å². The predicted molar refractivity (Wildman–Crippen MR) is 52.6 cm³/mol. The lowest BCUT2D eigenvalue weighted by molar-refractivity contribution is 0.100. The van der Waals surface area contributed by atoms with Gasteiger partial charge in [-0.1, -0.05) is 12.1 Å². The first-order chi connectivity index (χ1) is 5.25. The number of para-hydroxylation sites is 1. The topological polar surface area (TPSA) is 55.1 Å². The second-order valence-corrected chi connectivity index (χ2v) is 2.54. The van der Waals surface area contributed by atoms with E-state index in [0.717, 1.165) is 5.69 Å². The van der Waals surface area contributed by atoms with Crippen molar-refractivity contribution in [3.05, 3.63) is 29.8 Å². The molecule has 0 bridgehead atoms. The van der Waals surface area contributed by atoms with Crippen LogP contribution in [0.5, 0.6) is 0 Å². The van der Waals surface area contributed by atoms with Gasteiger partial charge in [0.25, 0.3) is 5.91 Å². The number of primary amides is 1. The van der Waals surface area contributed by atoms with E-state index in [-0.39, 0.29) is 0 Å². The maximum atomic E-state index is 10.8. The standard InChI is InChI=1S/C7H7IN2O/c8-10-6-4-2-1-3-5(6)7(9)11/h1-4,10H,(H2,9,11). The number of halogens is 1. The molecule has 0 aromatic heterocycles. The number of hydrogen-bond acceptors (Lipinski definition) is 2. The number of carbonyl (C=O) groups is 1. The number of nitrogens with one attached hydrogen (secondary N) is 1. The summed E-state index contributed by atoms with van der Waals surface area (Å²) in [5.74, 6) is -0.412. The van der Waals surface area contributed by atoms with Crippen LogP contribution >= 0.6 is 22.9 Å². The number of nitrogens with two attached hydrogens (primary N) is 1. The molecule has 1 amide bonds. The summed E-state index contributed by atoms with van der Waals surface area (Å²) in [7, 11) is 0. The maximum Gasteiger partial charge on any atom is 0.250 e. The van der Waals surface area contributed by atoms with Gasteiger partial charge >= 0.3 is 0 Å². The molecule has 0 aliphatic heterocycles. The van der Waals surface area contributed by atoms with Gasteiger partial charge in [0.2, 0.25) is 0 Å². The minimum atomic E-state index is -0.412. The summed E-state index contributed by atoms with van der Waals surface area (Å²) >= 11 is 1.95. The zero-order chi connectivity index (χ0) is 8.27. The molecular weight excluding hydrogens is 255 g/mol. The first-order valence-corrected chi connectivity index (χ1v) is 4.09. The minimum Gasteiger partial charge on any atom is -0.366 e. The van der Waals surface area contributed by atoms with Crippen LogP contribution in [-0.2, 0) is 0 Å². The highest BCUT2D eigenvalue weighted by molar-refractivity contribution is 14.1. The molecule has 4 heteroatoms. The highest BCUT2D eigenvalue weighted by atomic mass is 127. The van der Waals surface area contributed by atoms with Crippen molar-refractivity contribution in [2.75, 3.05) is 3.53 Å². The lowest BCUT2D eigenvalue weighted by Crippen LogP contribution is -2.12. The third-order valence-corrected chi connectivity index (χ3v) is 1.88. The Morgan fingerprint density at radius 3 is 2.55 bits per heavy atom. The number of benzene rings is 1. The van der Waals surface area contributed by atoms with Crippen molar-refractivity contribution in [1.82, 2.24) is 0 Å². The zero-order valence-corrected chi connectivity index (χ0v) is 7.83. The monoisotopic (exact) mass is 262 g/mol. The van der Waals surface area contributed by atoms with Crippen molar-refractivity contribution in [3.8, 4) is 0 Å². The summed E-state index contributed by atoms with van der Waals surface area (Å²) in [5, 5.41) is 0. The van der Waals surface area contributed by atoms with E-state index in [1.54, 1.807) is 18.2 Å². The molecule has 3 N–H and O–H groups in total. The molecule has 0 heterocycles. The number of amides is 1. The van der Waals surface area contributed by atoms with Crippen LogP contribution in [0.15, 0.2) is 24.3 Å². The lowest BCUT2D eigenvalue weighted by Gasteiger charge is -2.02. The number of anilines is 1. The predicted octanol–water partition coefficient (Wildman–Crippen LogP) is 1.55. The van der Waals surface area contributed by atoms with Crippen molar-refractivity contribution < 1.29 is 4.79 Å². The summed E-state index contributed by atoms with van der Waals surface area (Å²) in [6.45, 7) is 0. The molecule has 0 spiro atoms. The van der Waals surface area contributed by atoms with E-state index in [0.29, 0.717) is 5.56 Å². The normalized spacial score (nSPS) is 9.18. The molecule has 0 aliphatic rings. The van der Waals surface area contributed by atoms with Gasteiger partial charge in [-0.25, -0.2) is 0 Å². The molecule has 0 saturated carbocycles. The van der Waals surface area contributed by atoms with Crippen molar-refractivity contribution in [1.29, 1.82) is 0 Å². The molecule has 0 atom stereocenters. The van der Waals surface area contributed by atoms with E-state index in [9.17, 15) is 4.79 Å². The fourth-order valence-corrected chi connectivity index (χ4v) is 1.25. The Morgan fingerprint density at radius 2 is 2.09 bits per heavy atom. The zero-order valence-electron chi connectivity index (χ0n) is 5.67. The van der Waals surface area contributed by atoms with E-state index >= 15 is 0 Å². The van der Waals surface area contributed by atoms with Crippen LogP contribution in [0.25, 0.3) is 0 Å². The van der Waals surface area contributed by atoms with Crippen molar-refractivity contribution in [3.63, 3.8) is 0 Å². The minimum absolute atomic E-state index is 0.412. The smallest absolute Gasteiger partial charge is 0.250 e. The van der Waals surface area contributed by atoms with Gasteiger partial charge in [-0.05, 0) is 12.1 Å². The third kappa shape index (κ3) is 1.83. The van der Waals surface area contributed by atoms with E-state index in [2.05, 4.69) is 3.53 Å². The van der Waals surface area contributed by atoms with Crippen molar-refractivity contribution in [2.24, 2.45) is 5.73 Å². The van der Waals surface area contributed by atoms with Gasteiger partial charge in [-0.2, -0.15) is 0 Å². The van der Waals surface area contributed by atoms with E-state index in [1.807, 2.05) is 28.9 Å². The van der Waals surface area contributed by atoms with Gasteiger partial charge in [0.05, 0.1) is 34.1 Å². The molecule has 11 heavy (non-hydrogen) atoms. The summed E-state index contributed by atoms with van der Waals surface area (Å²) in [6, 6.07) is 7.10. The van der Waals surface area contributed by atoms with Crippen LogP contribution in [0.2, 0.25) is 0 Å². The third-order valence-electron chi connectivity index (χ3n) is 1.29. The molecule has 0 saturated heterocycles. The SMILES string of the molecule is NC(=O)c1ccccc1NI. The summed E-state index contributed by atoms with van der Waals surface area (Å²) in [5.41, 5.74) is 6.37. The van der Waals surface area contributed by atoms with Gasteiger partial charge in [0.15, 0.2) is 0 Å². The van der Waals surface area contributed by atoms with Crippen molar-refractivity contribution >= 4 is 34.5 Å². The Kier molecular flexibility index (Phi) is 2.70. The van der Waals surface area contributed by atoms with Crippen LogP contribution in [0.3, 0.4) is 0 Å². The van der Waals surface area contributed by atoms with Crippen LogP contribution < -0.4 is 9.26 Å². The molecule has 1 aromatic carbocycles. The Bertz CT molecular complexity index is 275. The molecule has 58 valence electrons. The molecule has 0 aliphatic carbocycles. The fraction of sp³-hybridized carbons (Fsp3) is 0. The van der Waals surface area contributed by atoms with E-state index < -0.39 is 5.91 Å². The van der Waals surface area contributed by atoms with Gasteiger partial charge < -0.3 is 9.26 Å². The first kappa shape index (κ1) is 8.32. The second-order valence-electron chi connectivity index (χ2n) is 2.00. The first-order valence-electron chi connectivity index (χ1n) is 3.01. The summed E-state index contributed by atoms with van der Waals surface area (Å²) < 4.78 is 2.85. The Labute approximate surface area is 78.5 Å². The highest BCUT2D eigenvalue weighted by Gasteiger charge is 2.04. The van der Waals surface area contributed by atoms with Crippen LogP contribution in [0.4, 0.5) is 5.69 Å². The quantitative estimate of drug-likeness (QED) is 0.627. The van der Waals surface area contributed by atoms with Crippen LogP contribution in [-0.4, -0.2) is 5.91 Å². The van der Waals surface area contributed by atoms with Gasteiger partial charge in [0.1, 0.15) is 0 Å². The fourth-order valence-electron chi connectivity index (χ4n) is 0.780. The summed E-state index contributed by atoms with van der Waals surface area (Å²) in [6.07, 6.45) is 0. The maximum absolute atomic E-state index is 10.8.